The van der Waals surface area contributed by atoms with Gasteiger partial charge in [0.2, 0.25) is 0 Å². The molecule has 96 valence electrons. The van der Waals surface area contributed by atoms with Gasteiger partial charge in [-0.1, -0.05) is 17.7 Å². The van der Waals surface area contributed by atoms with Crippen LogP contribution in [0.4, 0.5) is 0 Å². The summed E-state index contributed by atoms with van der Waals surface area (Å²) in [5.41, 5.74) is 3.81. The molecule has 2 heterocycles. The monoisotopic (exact) mass is 263 g/mol. The van der Waals surface area contributed by atoms with E-state index in [9.17, 15) is 0 Å². The predicted molar refractivity (Wildman–Crippen MR) is 76.2 cm³/mol. The lowest BCUT2D eigenvalue weighted by Crippen LogP contribution is -2.43. The van der Waals surface area contributed by atoms with Crippen molar-refractivity contribution in [3.63, 3.8) is 0 Å². The SMILES string of the molecule is Cc1c(CN2CCNCC2)[nH]c2cc(Cl)ccc12. The van der Waals surface area contributed by atoms with Crippen LogP contribution in [-0.2, 0) is 6.54 Å². The molecular formula is C14H18ClN3. The molecule has 1 aliphatic heterocycles. The Morgan fingerprint density at radius 2 is 2.06 bits per heavy atom. The molecule has 0 bridgehead atoms. The van der Waals surface area contributed by atoms with Crippen molar-refractivity contribution in [3.8, 4) is 0 Å². The molecule has 1 aliphatic rings. The van der Waals surface area contributed by atoms with Crippen molar-refractivity contribution >= 4 is 22.5 Å². The number of nitrogens with one attached hydrogen (secondary N) is 2. The normalized spacial score (nSPS) is 17.4. The molecule has 2 aromatic rings. The quantitative estimate of drug-likeness (QED) is 0.873. The number of halogens is 1. The number of aryl methyl sites for hydroxylation is 1. The Hall–Kier alpha value is -1.03. The minimum absolute atomic E-state index is 0.789. The summed E-state index contributed by atoms with van der Waals surface area (Å²) < 4.78 is 0. The number of aromatic amines is 1. The standard InChI is InChI=1S/C14H18ClN3/c1-10-12-3-2-11(15)8-13(12)17-14(10)9-18-6-4-16-5-7-18/h2-3,8,16-17H,4-7,9H2,1H3. The van der Waals surface area contributed by atoms with Crippen LogP contribution in [0, 0.1) is 6.92 Å². The Labute approximate surface area is 112 Å². The molecule has 0 aliphatic carbocycles. The van der Waals surface area contributed by atoms with Crippen molar-refractivity contribution in [1.82, 2.24) is 15.2 Å². The number of rotatable bonds is 2. The summed E-state index contributed by atoms with van der Waals surface area (Å²) in [6.45, 7) is 7.60. The Morgan fingerprint density at radius 1 is 1.28 bits per heavy atom. The molecular weight excluding hydrogens is 246 g/mol. The van der Waals surface area contributed by atoms with Gasteiger partial charge in [-0.15, -0.1) is 0 Å². The number of hydrogen-bond acceptors (Lipinski definition) is 2. The highest BCUT2D eigenvalue weighted by Gasteiger charge is 2.14. The third-order valence-electron chi connectivity index (χ3n) is 3.72. The highest BCUT2D eigenvalue weighted by atomic mass is 35.5. The van der Waals surface area contributed by atoms with E-state index in [1.54, 1.807) is 0 Å². The van der Waals surface area contributed by atoms with Gasteiger partial charge in [0, 0.05) is 54.3 Å². The van der Waals surface area contributed by atoms with E-state index >= 15 is 0 Å². The summed E-state index contributed by atoms with van der Waals surface area (Å²) in [5.74, 6) is 0. The van der Waals surface area contributed by atoms with Crippen molar-refractivity contribution in [2.45, 2.75) is 13.5 Å². The largest absolute Gasteiger partial charge is 0.357 e. The third kappa shape index (κ3) is 2.26. The maximum absolute atomic E-state index is 6.03. The van der Waals surface area contributed by atoms with Gasteiger partial charge in [0.05, 0.1) is 0 Å². The number of H-pyrrole nitrogens is 1. The summed E-state index contributed by atoms with van der Waals surface area (Å²) in [5, 5.41) is 5.45. The van der Waals surface area contributed by atoms with Gasteiger partial charge >= 0.3 is 0 Å². The zero-order valence-corrected chi connectivity index (χ0v) is 11.3. The average molecular weight is 264 g/mol. The van der Waals surface area contributed by atoms with Crippen LogP contribution in [0.25, 0.3) is 10.9 Å². The lowest BCUT2D eigenvalue weighted by molar-refractivity contribution is 0.231. The molecule has 0 saturated carbocycles. The minimum Gasteiger partial charge on any atom is -0.357 e. The first-order valence-corrected chi connectivity index (χ1v) is 6.81. The fraction of sp³-hybridized carbons (Fsp3) is 0.429. The van der Waals surface area contributed by atoms with Crippen LogP contribution in [0.1, 0.15) is 11.3 Å². The van der Waals surface area contributed by atoms with Gasteiger partial charge < -0.3 is 10.3 Å². The van der Waals surface area contributed by atoms with Gasteiger partial charge in [0.25, 0.3) is 0 Å². The fourth-order valence-electron chi connectivity index (χ4n) is 2.62. The summed E-state index contributed by atoms with van der Waals surface area (Å²) in [6.07, 6.45) is 0. The molecule has 1 saturated heterocycles. The van der Waals surface area contributed by atoms with Gasteiger partial charge in [0.1, 0.15) is 0 Å². The first-order valence-electron chi connectivity index (χ1n) is 6.44. The maximum Gasteiger partial charge on any atom is 0.0474 e. The van der Waals surface area contributed by atoms with E-state index < -0.39 is 0 Å². The molecule has 0 atom stereocenters. The summed E-state index contributed by atoms with van der Waals surface area (Å²) in [4.78, 5) is 5.99. The molecule has 0 radical (unpaired) electrons. The highest BCUT2D eigenvalue weighted by molar-refractivity contribution is 6.31. The number of hydrogen-bond donors (Lipinski definition) is 2. The maximum atomic E-state index is 6.03. The van der Waals surface area contributed by atoms with E-state index in [1.807, 2.05) is 12.1 Å². The van der Waals surface area contributed by atoms with E-state index in [0.717, 1.165) is 43.3 Å². The molecule has 0 unspecified atom stereocenters. The average Bonchev–Trinajstić information content (AvgIpc) is 2.67. The Balaban J connectivity index is 1.89. The van der Waals surface area contributed by atoms with E-state index in [4.69, 9.17) is 11.6 Å². The third-order valence-corrected chi connectivity index (χ3v) is 3.95. The molecule has 2 N–H and O–H groups in total. The van der Waals surface area contributed by atoms with Crippen LogP contribution in [0.15, 0.2) is 18.2 Å². The van der Waals surface area contributed by atoms with Crippen LogP contribution in [0.2, 0.25) is 5.02 Å². The number of aromatic nitrogens is 1. The van der Waals surface area contributed by atoms with E-state index in [0.29, 0.717) is 0 Å². The summed E-state index contributed by atoms with van der Waals surface area (Å²) in [6, 6.07) is 6.06. The summed E-state index contributed by atoms with van der Waals surface area (Å²) >= 11 is 6.03. The topological polar surface area (TPSA) is 31.1 Å². The minimum atomic E-state index is 0.789. The number of nitrogens with zero attached hydrogens (tertiary/aromatic N) is 1. The molecule has 0 spiro atoms. The number of benzene rings is 1. The van der Waals surface area contributed by atoms with Crippen LogP contribution < -0.4 is 5.32 Å². The molecule has 4 heteroatoms. The van der Waals surface area contributed by atoms with Crippen LogP contribution >= 0.6 is 11.6 Å². The lowest BCUT2D eigenvalue weighted by atomic mass is 10.1. The van der Waals surface area contributed by atoms with Crippen molar-refractivity contribution in [2.75, 3.05) is 26.2 Å². The van der Waals surface area contributed by atoms with Gasteiger partial charge in [-0.25, -0.2) is 0 Å². The molecule has 1 aromatic heterocycles. The first kappa shape index (κ1) is 12.0. The Bertz CT molecular complexity index is 555. The summed E-state index contributed by atoms with van der Waals surface area (Å²) in [7, 11) is 0. The predicted octanol–water partition coefficient (Wildman–Crippen LogP) is 2.53. The smallest absolute Gasteiger partial charge is 0.0474 e. The first-order chi connectivity index (χ1) is 8.74. The molecule has 0 amide bonds. The lowest BCUT2D eigenvalue weighted by Gasteiger charge is -2.26. The highest BCUT2D eigenvalue weighted by Crippen LogP contribution is 2.25. The fourth-order valence-corrected chi connectivity index (χ4v) is 2.79. The molecule has 18 heavy (non-hydrogen) atoms. The second kappa shape index (κ2) is 4.92. The zero-order valence-electron chi connectivity index (χ0n) is 10.6. The van der Waals surface area contributed by atoms with Crippen molar-refractivity contribution < 1.29 is 0 Å². The second-order valence-corrected chi connectivity index (χ2v) is 5.38. The molecule has 1 fully saturated rings. The van der Waals surface area contributed by atoms with Gasteiger partial charge in [0.15, 0.2) is 0 Å². The zero-order chi connectivity index (χ0) is 12.5. The van der Waals surface area contributed by atoms with Gasteiger partial charge in [-0.3, -0.25) is 4.90 Å². The van der Waals surface area contributed by atoms with E-state index in [2.05, 4.69) is 28.2 Å². The van der Waals surface area contributed by atoms with Crippen LogP contribution in [-0.4, -0.2) is 36.1 Å². The van der Waals surface area contributed by atoms with Crippen molar-refractivity contribution in [3.05, 3.63) is 34.5 Å². The molecule has 3 rings (SSSR count). The van der Waals surface area contributed by atoms with Gasteiger partial charge in [-0.05, 0) is 24.6 Å². The Kier molecular flexibility index (Phi) is 3.29. The van der Waals surface area contributed by atoms with Crippen LogP contribution in [0.3, 0.4) is 0 Å². The number of fused-ring (bicyclic) bond motifs is 1. The van der Waals surface area contributed by atoms with Crippen molar-refractivity contribution in [1.29, 1.82) is 0 Å². The number of piperazine rings is 1. The van der Waals surface area contributed by atoms with Crippen LogP contribution in [0.5, 0.6) is 0 Å². The molecule has 1 aromatic carbocycles. The van der Waals surface area contributed by atoms with Gasteiger partial charge in [-0.2, -0.15) is 0 Å². The second-order valence-electron chi connectivity index (χ2n) is 4.94. The Morgan fingerprint density at radius 3 is 2.83 bits per heavy atom. The van der Waals surface area contributed by atoms with Crippen molar-refractivity contribution in [2.24, 2.45) is 0 Å². The molecule has 3 nitrogen and oxygen atoms in total. The van der Waals surface area contributed by atoms with E-state index in [-0.39, 0.29) is 0 Å². The van der Waals surface area contributed by atoms with E-state index in [1.165, 1.54) is 16.6 Å².